The van der Waals surface area contributed by atoms with Gasteiger partial charge in [-0.3, -0.25) is 4.79 Å². The third kappa shape index (κ3) is 4.43. The molecule has 1 spiro atoms. The Bertz CT molecular complexity index is 881. The minimum absolute atomic E-state index is 0.0392. The lowest BCUT2D eigenvalue weighted by Gasteiger charge is -2.39. The van der Waals surface area contributed by atoms with Gasteiger partial charge in [0.05, 0.1) is 0 Å². The van der Waals surface area contributed by atoms with Crippen molar-refractivity contribution in [3.05, 3.63) is 59.7 Å². The highest BCUT2D eigenvalue weighted by Gasteiger charge is 2.38. The van der Waals surface area contributed by atoms with Gasteiger partial charge in [-0.2, -0.15) is 0 Å². The molecule has 2 fully saturated rings. The Morgan fingerprint density at radius 2 is 1.76 bits per heavy atom. The van der Waals surface area contributed by atoms with Crippen molar-refractivity contribution in [3.63, 3.8) is 0 Å². The molecule has 152 valence electrons. The number of aryl methyl sites for hydroxylation is 1. The third-order valence-corrected chi connectivity index (χ3v) is 6.21. The Morgan fingerprint density at radius 3 is 2.45 bits per heavy atom. The smallest absolute Gasteiger partial charge is 0.323 e. The summed E-state index contributed by atoms with van der Waals surface area (Å²) in [6, 6.07) is 14.5. The first-order valence-corrected chi connectivity index (χ1v) is 10.3. The van der Waals surface area contributed by atoms with Gasteiger partial charge in [0.1, 0.15) is 0 Å². The zero-order valence-corrected chi connectivity index (χ0v) is 16.8. The van der Waals surface area contributed by atoms with Crippen LogP contribution in [-0.4, -0.2) is 43.0 Å². The van der Waals surface area contributed by atoms with Crippen LogP contribution in [0.1, 0.15) is 35.2 Å². The van der Waals surface area contributed by atoms with Crippen LogP contribution in [0.4, 0.5) is 16.2 Å². The average molecular weight is 393 g/mol. The van der Waals surface area contributed by atoms with E-state index in [1.54, 1.807) is 6.07 Å². The van der Waals surface area contributed by atoms with E-state index in [0.717, 1.165) is 50.3 Å². The normalized spacial score (nSPS) is 17.9. The minimum atomic E-state index is -0.322. The van der Waals surface area contributed by atoms with Gasteiger partial charge in [-0.25, -0.2) is 4.79 Å². The fourth-order valence-corrected chi connectivity index (χ4v) is 4.28. The molecule has 0 atom stereocenters. The fraction of sp³-hybridized carbons (Fsp3) is 0.391. The number of nitrogens with zero attached hydrogens (tertiary/aromatic N) is 1. The van der Waals surface area contributed by atoms with E-state index in [-0.39, 0.29) is 11.9 Å². The molecule has 0 radical (unpaired) electrons. The molecule has 0 unspecified atom stereocenters. The molecule has 6 nitrogen and oxygen atoms in total. The van der Waals surface area contributed by atoms with E-state index in [9.17, 15) is 9.59 Å². The molecular formula is C23H28N4O2. The second-order valence-electron chi connectivity index (χ2n) is 8.19. The van der Waals surface area contributed by atoms with Crippen LogP contribution in [0.15, 0.2) is 48.5 Å². The molecule has 3 amide bonds. The number of likely N-dealkylation sites (tertiary alicyclic amines) is 1. The summed E-state index contributed by atoms with van der Waals surface area (Å²) in [5.74, 6) is 0.0392. The second kappa shape index (κ2) is 8.25. The first-order valence-electron chi connectivity index (χ1n) is 10.3. The molecule has 0 bridgehead atoms. The van der Waals surface area contributed by atoms with Crippen molar-refractivity contribution in [2.45, 2.75) is 26.2 Å². The maximum Gasteiger partial charge on any atom is 0.323 e. The Kier molecular flexibility index (Phi) is 5.53. The number of urea groups is 1. The standard InChI is InChI=1S/C23H28N4O2/c1-17-7-8-18(15-20(17)26-22(29)25-19-5-3-2-4-6-19)21(28)27-13-10-23(11-14-27)9-12-24-16-23/h2-8,15,24H,9-14,16H2,1H3,(H2,25,26,29). The molecular weight excluding hydrogens is 364 g/mol. The number of anilines is 2. The summed E-state index contributed by atoms with van der Waals surface area (Å²) in [6.45, 7) is 5.68. The summed E-state index contributed by atoms with van der Waals surface area (Å²) in [5.41, 5.74) is 3.29. The summed E-state index contributed by atoms with van der Waals surface area (Å²) in [7, 11) is 0. The molecule has 0 aromatic heterocycles. The molecule has 0 aliphatic carbocycles. The minimum Gasteiger partial charge on any atom is -0.339 e. The van der Waals surface area contributed by atoms with Gasteiger partial charge < -0.3 is 20.9 Å². The summed E-state index contributed by atoms with van der Waals surface area (Å²) in [5, 5.41) is 9.13. The first kappa shape index (κ1) is 19.5. The van der Waals surface area contributed by atoms with Gasteiger partial charge in [-0.05, 0) is 68.0 Å². The lowest BCUT2D eigenvalue weighted by atomic mass is 9.78. The third-order valence-electron chi connectivity index (χ3n) is 6.21. The van der Waals surface area contributed by atoms with Gasteiger partial charge in [0.15, 0.2) is 0 Å². The Balaban J connectivity index is 1.41. The highest BCUT2D eigenvalue weighted by Crippen LogP contribution is 2.37. The van der Waals surface area contributed by atoms with Gasteiger partial charge in [0, 0.05) is 36.6 Å². The van der Waals surface area contributed by atoms with Crippen LogP contribution in [0.25, 0.3) is 0 Å². The van der Waals surface area contributed by atoms with Crippen molar-refractivity contribution in [2.24, 2.45) is 5.41 Å². The van der Waals surface area contributed by atoms with E-state index in [1.165, 1.54) is 6.42 Å². The number of rotatable bonds is 3. The number of benzene rings is 2. The molecule has 2 aliphatic heterocycles. The van der Waals surface area contributed by atoms with Crippen molar-refractivity contribution in [3.8, 4) is 0 Å². The van der Waals surface area contributed by atoms with Crippen LogP contribution in [0.3, 0.4) is 0 Å². The zero-order chi connectivity index (χ0) is 20.3. The van der Waals surface area contributed by atoms with E-state index in [4.69, 9.17) is 0 Å². The van der Waals surface area contributed by atoms with Crippen LogP contribution in [-0.2, 0) is 0 Å². The number of nitrogens with one attached hydrogen (secondary N) is 3. The SMILES string of the molecule is Cc1ccc(C(=O)N2CCC3(CCNC3)CC2)cc1NC(=O)Nc1ccccc1. The van der Waals surface area contributed by atoms with Crippen LogP contribution >= 0.6 is 0 Å². The molecule has 2 heterocycles. The average Bonchev–Trinajstić information content (AvgIpc) is 3.18. The molecule has 3 N–H and O–H groups in total. The summed E-state index contributed by atoms with van der Waals surface area (Å²) in [6.07, 6.45) is 3.33. The van der Waals surface area contributed by atoms with Crippen molar-refractivity contribution in [1.82, 2.24) is 10.2 Å². The molecule has 2 aromatic rings. The number of piperidine rings is 1. The van der Waals surface area contributed by atoms with Crippen molar-refractivity contribution < 1.29 is 9.59 Å². The van der Waals surface area contributed by atoms with E-state index in [0.29, 0.717) is 16.7 Å². The molecule has 2 aliphatic rings. The predicted molar refractivity (Wildman–Crippen MR) is 115 cm³/mol. The number of amides is 3. The first-order chi connectivity index (χ1) is 14.0. The number of carbonyl (C=O) groups is 2. The van der Waals surface area contributed by atoms with Gasteiger partial charge in [0.25, 0.3) is 5.91 Å². The molecule has 2 saturated heterocycles. The molecule has 2 aromatic carbocycles. The summed E-state index contributed by atoms with van der Waals surface area (Å²) >= 11 is 0. The Morgan fingerprint density at radius 1 is 1.00 bits per heavy atom. The van der Waals surface area contributed by atoms with Crippen LogP contribution in [0.5, 0.6) is 0 Å². The topological polar surface area (TPSA) is 73.5 Å². The molecule has 4 rings (SSSR count). The summed E-state index contributed by atoms with van der Waals surface area (Å²) < 4.78 is 0. The van der Waals surface area contributed by atoms with Crippen LogP contribution in [0.2, 0.25) is 0 Å². The quantitative estimate of drug-likeness (QED) is 0.743. The van der Waals surface area contributed by atoms with Crippen LogP contribution in [0, 0.1) is 12.3 Å². The monoisotopic (exact) mass is 392 g/mol. The van der Waals surface area contributed by atoms with Crippen LogP contribution < -0.4 is 16.0 Å². The highest BCUT2D eigenvalue weighted by molar-refractivity contribution is 6.02. The molecule has 29 heavy (non-hydrogen) atoms. The largest absolute Gasteiger partial charge is 0.339 e. The maximum absolute atomic E-state index is 13.0. The number of hydrogen-bond donors (Lipinski definition) is 3. The van der Waals surface area contributed by atoms with Gasteiger partial charge >= 0.3 is 6.03 Å². The van der Waals surface area contributed by atoms with E-state index in [1.807, 2.05) is 54.3 Å². The van der Waals surface area contributed by atoms with E-state index in [2.05, 4.69) is 16.0 Å². The van der Waals surface area contributed by atoms with E-state index < -0.39 is 0 Å². The fourth-order valence-electron chi connectivity index (χ4n) is 4.28. The van der Waals surface area contributed by atoms with Gasteiger partial charge in [-0.1, -0.05) is 24.3 Å². The predicted octanol–water partition coefficient (Wildman–Crippen LogP) is 3.85. The van der Waals surface area contributed by atoms with Crippen molar-refractivity contribution >= 4 is 23.3 Å². The van der Waals surface area contributed by atoms with E-state index >= 15 is 0 Å². The van der Waals surface area contributed by atoms with Gasteiger partial charge in [-0.15, -0.1) is 0 Å². The second-order valence-corrected chi connectivity index (χ2v) is 8.19. The van der Waals surface area contributed by atoms with Crippen molar-refractivity contribution in [1.29, 1.82) is 0 Å². The Labute approximate surface area is 171 Å². The van der Waals surface area contributed by atoms with Crippen molar-refractivity contribution in [2.75, 3.05) is 36.8 Å². The Hall–Kier alpha value is -2.86. The molecule has 6 heteroatoms. The lowest BCUT2D eigenvalue weighted by molar-refractivity contribution is 0.0607. The number of hydrogen-bond acceptors (Lipinski definition) is 3. The lowest BCUT2D eigenvalue weighted by Crippen LogP contribution is -2.44. The maximum atomic E-state index is 13.0. The molecule has 0 saturated carbocycles. The zero-order valence-electron chi connectivity index (χ0n) is 16.8. The number of para-hydroxylation sites is 1. The summed E-state index contributed by atoms with van der Waals surface area (Å²) in [4.78, 5) is 27.3. The highest BCUT2D eigenvalue weighted by atomic mass is 16.2. The number of carbonyl (C=O) groups excluding carboxylic acids is 2. The van der Waals surface area contributed by atoms with Gasteiger partial charge in [0.2, 0.25) is 0 Å².